The van der Waals surface area contributed by atoms with E-state index in [9.17, 15) is 5.11 Å². The summed E-state index contributed by atoms with van der Waals surface area (Å²) in [5.74, 6) is 0.838. The van der Waals surface area contributed by atoms with E-state index in [1.54, 1.807) is 0 Å². The van der Waals surface area contributed by atoms with Gasteiger partial charge < -0.3 is 9.84 Å². The van der Waals surface area contributed by atoms with Crippen LogP contribution in [0.25, 0.3) is 0 Å². The van der Waals surface area contributed by atoms with Crippen molar-refractivity contribution in [2.24, 2.45) is 5.92 Å². The molecular formula is C18H27NO2. The van der Waals surface area contributed by atoms with Crippen LogP contribution in [0.15, 0.2) is 30.3 Å². The number of ether oxygens (including phenoxy) is 1. The Hall–Kier alpha value is -0.900. The largest absolute Gasteiger partial charge is 0.394 e. The molecule has 1 saturated carbocycles. The first-order valence-corrected chi connectivity index (χ1v) is 8.20. The number of nitrogens with zero attached hydrogens (tertiary/aromatic N) is 1. The summed E-state index contributed by atoms with van der Waals surface area (Å²) in [5.41, 5.74) is 1.39. The second kappa shape index (κ2) is 6.07. The Morgan fingerprint density at radius 3 is 2.52 bits per heavy atom. The van der Waals surface area contributed by atoms with E-state index in [-0.39, 0.29) is 24.5 Å². The van der Waals surface area contributed by atoms with Gasteiger partial charge in [-0.2, -0.15) is 0 Å². The Labute approximate surface area is 127 Å². The lowest BCUT2D eigenvalue weighted by molar-refractivity contribution is -0.0610. The minimum Gasteiger partial charge on any atom is -0.394 e. The van der Waals surface area contributed by atoms with Crippen molar-refractivity contribution in [3.05, 3.63) is 35.9 Å². The van der Waals surface area contributed by atoms with Crippen LogP contribution in [-0.2, 0) is 4.74 Å². The van der Waals surface area contributed by atoms with E-state index in [2.05, 4.69) is 43.0 Å². The molecule has 3 heteroatoms. The van der Waals surface area contributed by atoms with Gasteiger partial charge in [0.2, 0.25) is 0 Å². The summed E-state index contributed by atoms with van der Waals surface area (Å²) in [5, 5.41) is 9.52. The van der Waals surface area contributed by atoms with Crippen molar-refractivity contribution in [1.29, 1.82) is 0 Å². The molecule has 3 nitrogen and oxygen atoms in total. The standard InChI is InChI=1S/C18H27NO2/c1-14-8-10-18(2,11-9-14)19-12-16(13-20)21-17(19)15-6-4-3-5-7-15/h3-7,14,16-17,20H,8-13H2,1-2H3/t14?,16-,17-,18?/m1/s1. The molecule has 1 heterocycles. The maximum absolute atomic E-state index is 9.52. The number of aliphatic hydroxyl groups is 1. The number of hydrogen-bond donors (Lipinski definition) is 1. The Bertz CT molecular complexity index is 454. The first-order chi connectivity index (χ1) is 10.1. The van der Waals surface area contributed by atoms with E-state index in [0.29, 0.717) is 0 Å². The first kappa shape index (κ1) is 15.0. The van der Waals surface area contributed by atoms with Gasteiger partial charge in [0.05, 0.1) is 12.7 Å². The van der Waals surface area contributed by atoms with E-state index >= 15 is 0 Å². The molecule has 0 bridgehead atoms. The second-order valence-electron chi connectivity index (χ2n) is 7.04. The zero-order chi connectivity index (χ0) is 14.9. The highest BCUT2D eigenvalue weighted by molar-refractivity contribution is 5.19. The lowest BCUT2D eigenvalue weighted by Gasteiger charge is -2.45. The van der Waals surface area contributed by atoms with Crippen LogP contribution in [0, 0.1) is 5.92 Å². The smallest absolute Gasteiger partial charge is 0.137 e. The molecule has 1 aliphatic heterocycles. The minimum absolute atomic E-state index is 0.0123. The zero-order valence-corrected chi connectivity index (χ0v) is 13.2. The van der Waals surface area contributed by atoms with Crippen molar-refractivity contribution < 1.29 is 9.84 Å². The maximum atomic E-state index is 9.52. The normalized spacial score (nSPS) is 37.8. The fraction of sp³-hybridized carbons (Fsp3) is 0.667. The zero-order valence-electron chi connectivity index (χ0n) is 13.2. The van der Waals surface area contributed by atoms with Gasteiger partial charge in [0.25, 0.3) is 0 Å². The third-order valence-corrected chi connectivity index (χ3v) is 5.34. The SMILES string of the molecule is CC1CCC(C)(N2C[C@H](CO)O[C@@H]2c2ccccc2)CC1. The number of hydrogen-bond acceptors (Lipinski definition) is 3. The van der Waals surface area contributed by atoms with Crippen LogP contribution in [-0.4, -0.2) is 34.8 Å². The molecule has 3 rings (SSSR count). The monoisotopic (exact) mass is 289 g/mol. The third kappa shape index (κ3) is 3.01. The lowest BCUT2D eigenvalue weighted by atomic mass is 9.77. The molecule has 0 unspecified atom stereocenters. The van der Waals surface area contributed by atoms with Gasteiger partial charge in [-0.05, 0) is 44.1 Å². The highest BCUT2D eigenvalue weighted by atomic mass is 16.5. The fourth-order valence-corrected chi connectivity index (χ4v) is 3.77. The molecule has 1 aromatic carbocycles. The van der Waals surface area contributed by atoms with Crippen molar-refractivity contribution in [2.75, 3.05) is 13.2 Å². The molecule has 0 spiro atoms. The quantitative estimate of drug-likeness (QED) is 0.926. The van der Waals surface area contributed by atoms with Crippen LogP contribution in [0.5, 0.6) is 0 Å². The van der Waals surface area contributed by atoms with Crippen LogP contribution < -0.4 is 0 Å². The summed E-state index contributed by atoms with van der Waals surface area (Å²) >= 11 is 0. The van der Waals surface area contributed by atoms with Gasteiger partial charge in [0, 0.05) is 12.1 Å². The van der Waals surface area contributed by atoms with Crippen LogP contribution in [0.4, 0.5) is 0 Å². The van der Waals surface area contributed by atoms with E-state index in [4.69, 9.17) is 4.74 Å². The van der Waals surface area contributed by atoms with Gasteiger partial charge in [-0.25, -0.2) is 0 Å². The van der Waals surface area contributed by atoms with Gasteiger partial charge in [0.1, 0.15) is 6.23 Å². The molecule has 2 fully saturated rings. The number of rotatable bonds is 3. The maximum Gasteiger partial charge on any atom is 0.137 e. The average molecular weight is 289 g/mol. The van der Waals surface area contributed by atoms with Crippen molar-refractivity contribution in [1.82, 2.24) is 4.90 Å². The van der Waals surface area contributed by atoms with E-state index in [0.717, 1.165) is 12.5 Å². The van der Waals surface area contributed by atoms with Crippen molar-refractivity contribution in [2.45, 2.75) is 57.4 Å². The number of aliphatic hydroxyl groups excluding tert-OH is 1. The fourth-order valence-electron chi connectivity index (χ4n) is 3.77. The topological polar surface area (TPSA) is 32.7 Å². The Morgan fingerprint density at radius 1 is 1.24 bits per heavy atom. The summed E-state index contributed by atoms with van der Waals surface area (Å²) in [7, 11) is 0. The van der Waals surface area contributed by atoms with Gasteiger partial charge in [0.15, 0.2) is 0 Å². The molecule has 116 valence electrons. The molecule has 21 heavy (non-hydrogen) atoms. The molecule has 0 radical (unpaired) electrons. The predicted molar refractivity (Wildman–Crippen MR) is 83.9 cm³/mol. The third-order valence-electron chi connectivity index (χ3n) is 5.34. The first-order valence-electron chi connectivity index (χ1n) is 8.20. The van der Waals surface area contributed by atoms with Crippen LogP contribution in [0.3, 0.4) is 0 Å². The minimum atomic E-state index is -0.0635. The molecule has 1 aromatic rings. The van der Waals surface area contributed by atoms with Crippen molar-refractivity contribution >= 4 is 0 Å². The summed E-state index contributed by atoms with van der Waals surface area (Å²) in [6, 6.07) is 10.4. The Kier molecular flexibility index (Phi) is 4.34. The van der Waals surface area contributed by atoms with Crippen molar-refractivity contribution in [3.63, 3.8) is 0 Å². The molecular weight excluding hydrogens is 262 g/mol. The van der Waals surface area contributed by atoms with Crippen molar-refractivity contribution in [3.8, 4) is 0 Å². The highest BCUT2D eigenvalue weighted by Crippen LogP contribution is 2.43. The summed E-state index contributed by atoms with van der Waals surface area (Å²) < 4.78 is 6.13. The highest BCUT2D eigenvalue weighted by Gasteiger charge is 2.45. The van der Waals surface area contributed by atoms with E-state index in [1.165, 1.54) is 31.2 Å². The number of benzene rings is 1. The summed E-state index contributed by atoms with van der Waals surface area (Å²) in [4.78, 5) is 2.50. The molecule has 0 amide bonds. The van der Waals surface area contributed by atoms with Crippen LogP contribution >= 0.6 is 0 Å². The van der Waals surface area contributed by atoms with Crippen LogP contribution in [0.2, 0.25) is 0 Å². The van der Waals surface area contributed by atoms with E-state index < -0.39 is 0 Å². The molecule has 2 aliphatic rings. The second-order valence-corrected chi connectivity index (χ2v) is 7.04. The van der Waals surface area contributed by atoms with Gasteiger partial charge >= 0.3 is 0 Å². The summed E-state index contributed by atoms with van der Waals surface area (Å²) in [6.45, 7) is 5.66. The molecule has 1 N–H and O–H groups in total. The van der Waals surface area contributed by atoms with Gasteiger partial charge in [-0.1, -0.05) is 37.3 Å². The Morgan fingerprint density at radius 2 is 1.90 bits per heavy atom. The van der Waals surface area contributed by atoms with Gasteiger partial charge in [-0.15, -0.1) is 0 Å². The lowest BCUT2D eigenvalue weighted by Crippen LogP contribution is -2.48. The van der Waals surface area contributed by atoms with Crippen LogP contribution in [0.1, 0.15) is 51.3 Å². The molecule has 2 atom stereocenters. The van der Waals surface area contributed by atoms with Gasteiger partial charge in [-0.3, -0.25) is 4.90 Å². The molecule has 1 aliphatic carbocycles. The molecule has 1 saturated heterocycles. The molecule has 0 aromatic heterocycles. The summed E-state index contributed by atoms with van der Waals surface area (Å²) in [6.07, 6.45) is 4.95. The Balaban J connectivity index is 1.84. The van der Waals surface area contributed by atoms with E-state index in [1.807, 2.05) is 6.07 Å². The average Bonchev–Trinajstić information content (AvgIpc) is 2.96. The predicted octanol–water partition coefficient (Wildman–Crippen LogP) is 3.35.